The molecule has 0 aliphatic carbocycles. The van der Waals surface area contributed by atoms with Crippen molar-refractivity contribution < 1.29 is 13.3 Å². The molecular weight excluding hydrogens is 393 g/mol. The van der Waals surface area contributed by atoms with Crippen molar-refractivity contribution >= 4 is 33.2 Å². The van der Waals surface area contributed by atoms with E-state index in [9.17, 15) is 13.7 Å². The van der Waals surface area contributed by atoms with Gasteiger partial charge in [0.2, 0.25) is 10.0 Å². The first-order valence-corrected chi connectivity index (χ1v) is 10.4. The Hall–Kier alpha value is -1.62. The van der Waals surface area contributed by atoms with Crippen molar-refractivity contribution in [1.29, 1.82) is 5.26 Å². The highest BCUT2D eigenvalue weighted by atomic mass is 35.5. The Kier molecular flexibility index (Phi) is 5.86. The second-order valence-corrected chi connectivity index (χ2v) is 8.93. The fourth-order valence-corrected chi connectivity index (χ4v) is 4.89. The molecule has 1 aliphatic heterocycles. The molecule has 136 valence electrons. The van der Waals surface area contributed by atoms with E-state index in [0.717, 1.165) is 5.56 Å². The second-order valence-electron chi connectivity index (χ2n) is 6.18. The molecule has 3 rings (SSSR count). The SMILES string of the molecule is N#Cc1ccccc1C[NH+]1CCN(S(=O)(=O)c2ccc(Cl)c(Cl)c2)CC1. The predicted octanol–water partition coefficient (Wildman–Crippen LogP) is 1.95. The monoisotopic (exact) mass is 410 g/mol. The highest BCUT2D eigenvalue weighted by Crippen LogP contribution is 2.26. The molecule has 0 bridgehead atoms. The topological polar surface area (TPSA) is 65.6 Å². The van der Waals surface area contributed by atoms with Crippen molar-refractivity contribution in [2.24, 2.45) is 0 Å². The Bertz CT molecular complexity index is 949. The molecule has 0 aromatic heterocycles. The number of nitriles is 1. The maximum atomic E-state index is 12.8. The average molecular weight is 411 g/mol. The third-order valence-electron chi connectivity index (χ3n) is 4.54. The van der Waals surface area contributed by atoms with Gasteiger partial charge in [0, 0.05) is 5.56 Å². The minimum atomic E-state index is -3.59. The lowest BCUT2D eigenvalue weighted by molar-refractivity contribution is -0.917. The van der Waals surface area contributed by atoms with E-state index in [0.29, 0.717) is 43.3 Å². The summed E-state index contributed by atoms with van der Waals surface area (Å²) in [6.45, 7) is 2.92. The number of halogens is 2. The van der Waals surface area contributed by atoms with E-state index in [2.05, 4.69) is 6.07 Å². The average Bonchev–Trinajstić information content (AvgIpc) is 2.65. The molecule has 1 fully saturated rings. The molecule has 1 N–H and O–H groups in total. The summed E-state index contributed by atoms with van der Waals surface area (Å²) in [5.41, 5.74) is 1.66. The summed E-state index contributed by atoms with van der Waals surface area (Å²) >= 11 is 11.8. The summed E-state index contributed by atoms with van der Waals surface area (Å²) in [5.74, 6) is 0. The zero-order valence-corrected chi connectivity index (χ0v) is 16.3. The first-order valence-electron chi connectivity index (χ1n) is 8.18. The van der Waals surface area contributed by atoms with Crippen molar-refractivity contribution in [3.63, 3.8) is 0 Å². The van der Waals surface area contributed by atoms with Gasteiger partial charge < -0.3 is 4.90 Å². The molecule has 2 aromatic carbocycles. The van der Waals surface area contributed by atoms with E-state index >= 15 is 0 Å². The molecule has 1 heterocycles. The number of nitrogens with one attached hydrogen (secondary N) is 1. The molecule has 0 radical (unpaired) electrons. The Morgan fingerprint density at radius 1 is 1.08 bits per heavy atom. The van der Waals surface area contributed by atoms with E-state index in [1.807, 2.05) is 18.2 Å². The Labute approximate surface area is 163 Å². The van der Waals surface area contributed by atoms with Crippen molar-refractivity contribution in [3.8, 4) is 6.07 Å². The van der Waals surface area contributed by atoms with Crippen LogP contribution in [0.1, 0.15) is 11.1 Å². The highest BCUT2D eigenvalue weighted by molar-refractivity contribution is 7.89. The summed E-state index contributed by atoms with van der Waals surface area (Å²) in [4.78, 5) is 1.42. The van der Waals surface area contributed by atoms with Gasteiger partial charge in [-0.05, 0) is 24.3 Å². The fraction of sp³-hybridized carbons (Fsp3) is 0.278. The van der Waals surface area contributed by atoms with Gasteiger partial charge in [0.15, 0.2) is 0 Å². The largest absolute Gasteiger partial charge is 0.329 e. The van der Waals surface area contributed by atoms with Gasteiger partial charge in [0.25, 0.3) is 0 Å². The van der Waals surface area contributed by atoms with Gasteiger partial charge >= 0.3 is 0 Å². The van der Waals surface area contributed by atoms with Crippen molar-refractivity contribution in [2.45, 2.75) is 11.4 Å². The summed E-state index contributed by atoms with van der Waals surface area (Å²) in [6, 6.07) is 14.1. The van der Waals surface area contributed by atoms with Gasteiger partial charge in [-0.15, -0.1) is 0 Å². The number of hydrogen-bond donors (Lipinski definition) is 1. The van der Waals surface area contributed by atoms with Gasteiger partial charge in [-0.1, -0.05) is 41.4 Å². The normalized spacial score (nSPS) is 16.3. The minimum Gasteiger partial charge on any atom is -0.329 e. The number of piperazine rings is 1. The van der Waals surface area contributed by atoms with E-state index in [1.165, 1.54) is 27.4 Å². The van der Waals surface area contributed by atoms with Crippen LogP contribution in [0.5, 0.6) is 0 Å². The van der Waals surface area contributed by atoms with Crippen LogP contribution in [0, 0.1) is 11.3 Å². The van der Waals surface area contributed by atoms with Crippen LogP contribution in [0.4, 0.5) is 0 Å². The van der Waals surface area contributed by atoms with E-state index in [1.54, 1.807) is 6.07 Å². The molecule has 0 spiro atoms. The summed E-state index contributed by atoms with van der Waals surface area (Å²) < 4.78 is 27.1. The quantitative estimate of drug-likeness (QED) is 0.837. The van der Waals surface area contributed by atoms with Crippen LogP contribution in [0.2, 0.25) is 10.0 Å². The molecule has 0 unspecified atom stereocenters. The zero-order valence-electron chi connectivity index (χ0n) is 14.0. The third-order valence-corrected chi connectivity index (χ3v) is 7.17. The first-order chi connectivity index (χ1) is 12.4. The van der Waals surface area contributed by atoms with E-state index in [-0.39, 0.29) is 9.92 Å². The zero-order chi connectivity index (χ0) is 18.7. The van der Waals surface area contributed by atoms with Gasteiger partial charge in [-0.3, -0.25) is 0 Å². The summed E-state index contributed by atoms with van der Waals surface area (Å²) in [7, 11) is -3.59. The van der Waals surface area contributed by atoms with Gasteiger partial charge in [-0.2, -0.15) is 9.57 Å². The van der Waals surface area contributed by atoms with Crippen LogP contribution in [0.3, 0.4) is 0 Å². The van der Waals surface area contributed by atoms with Crippen LogP contribution in [0.15, 0.2) is 47.4 Å². The van der Waals surface area contributed by atoms with E-state index in [4.69, 9.17) is 23.2 Å². The number of rotatable bonds is 4. The molecule has 26 heavy (non-hydrogen) atoms. The Morgan fingerprint density at radius 2 is 1.77 bits per heavy atom. The van der Waals surface area contributed by atoms with Crippen LogP contribution in [-0.4, -0.2) is 38.9 Å². The number of quaternary nitrogens is 1. The molecule has 2 aromatic rings. The number of hydrogen-bond acceptors (Lipinski definition) is 3. The molecule has 1 aliphatic rings. The van der Waals surface area contributed by atoms with Crippen molar-refractivity contribution in [3.05, 3.63) is 63.6 Å². The molecule has 0 amide bonds. The van der Waals surface area contributed by atoms with Crippen LogP contribution < -0.4 is 4.90 Å². The Balaban J connectivity index is 1.68. The highest BCUT2D eigenvalue weighted by Gasteiger charge is 2.31. The summed E-state index contributed by atoms with van der Waals surface area (Å²) in [5, 5.41) is 9.75. The second kappa shape index (κ2) is 7.95. The third kappa shape index (κ3) is 4.03. The smallest absolute Gasteiger partial charge is 0.243 e. The lowest BCUT2D eigenvalue weighted by Gasteiger charge is -2.31. The first kappa shape index (κ1) is 19.2. The number of benzene rings is 2. The van der Waals surface area contributed by atoms with Crippen molar-refractivity contribution in [1.82, 2.24) is 4.31 Å². The lowest BCUT2D eigenvalue weighted by atomic mass is 10.1. The molecular formula is C18H18Cl2N3O2S+. The predicted molar refractivity (Wildman–Crippen MR) is 101 cm³/mol. The van der Waals surface area contributed by atoms with Gasteiger partial charge in [0.1, 0.15) is 6.54 Å². The maximum Gasteiger partial charge on any atom is 0.243 e. The van der Waals surface area contributed by atoms with Crippen molar-refractivity contribution in [2.75, 3.05) is 26.2 Å². The fourth-order valence-electron chi connectivity index (χ4n) is 3.06. The van der Waals surface area contributed by atoms with Crippen LogP contribution in [0.25, 0.3) is 0 Å². The number of nitrogens with zero attached hydrogens (tertiary/aromatic N) is 2. The molecule has 8 heteroatoms. The van der Waals surface area contributed by atoms with Crippen LogP contribution >= 0.6 is 23.2 Å². The molecule has 0 saturated carbocycles. The van der Waals surface area contributed by atoms with Gasteiger partial charge in [0.05, 0.1) is 52.8 Å². The molecule has 1 saturated heterocycles. The number of sulfonamides is 1. The standard InChI is InChI=1S/C18H17Cl2N3O2S/c19-17-6-5-16(11-18(17)20)26(24,25)23-9-7-22(8-10-23)13-15-4-2-1-3-14(15)12-21/h1-6,11H,7-10,13H2/p+1. The summed E-state index contributed by atoms with van der Waals surface area (Å²) in [6.07, 6.45) is 0. The van der Waals surface area contributed by atoms with E-state index < -0.39 is 10.0 Å². The maximum absolute atomic E-state index is 12.8. The molecule has 0 atom stereocenters. The van der Waals surface area contributed by atoms with Gasteiger partial charge in [-0.25, -0.2) is 8.42 Å². The molecule has 5 nitrogen and oxygen atoms in total. The Morgan fingerprint density at radius 3 is 2.42 bits per heavy atom. The minimum absolute atomic E-state index is 0.158. The van der Waals surface area contributed by atoms with Crippen LogP contribution in [-0.2, 0) is 16.6 Å². The lowest BCUT2D eigenvalue weighted by Crippen LogP contribution is -3.13.